The molecule has 0 fully saturated rings. The van der Waals surface area contributed by atoms with Gasteiger partial charge >= 0.3 is 0 Å². The van der Waals surface area contributed by atoms with Gasteiger partial charge in [-0.25, -0.2) is 0 Å². The van der Waals surface area contributed by atoms with Gasteiger partial charge in [0.25, 0.3) is 5.56 Å². The highest BCUT2D eigenvalue weighted by Gasteiger charge is 2.12. The van der Waals surface area contributed by atoms with E-state index in [0.29, 0.717) is 26.0 Å². The van der Waals surface area contributed by atoms with E-state index in [1.165, 1.54) is 11.3 Å². The van der Waals surface area contributed by atoms with Gasteiger partial charge in [-0.3, -0.25) is 9.59 Å². The van der Waals surface area contributed by atoms with Gasteiger partial charge in [-0.05, 0) is 24.3 Å². The number of aromatic amines is 1. The fourth-order valence-electron chi connectivity index (χ4n) is 2.56. The molecule has 0 atom stereocenters. The van der Waals surface area contributed by atoms with E-state index in [-0.39, 0.29) is 11.0 Å². The van der Waals surface area contributed by atoms with Crippen molar-refractivity contribution in [1.29, 1.82) is 0 Å². The van der Waals surface area contributed by atoms with E-state index in [2.05, 4.69) is 4.98 Å². The molecule has 2 heterocycles. The van der Waals surface area contributed by atoms with Gasteiger partial charge < -0.3 is 4.98 Å². The average Bonchev–Trinajstić information content (AvgIpc) is 2.47. The van der Waals surface area contributed by atoms with Gasteiger partial charge in [-0.1, -0.05) is 29.8 Å². The maximum Gasteiger partial charge on any atom is 0.266 e. The van der Waals surface area contributed by atoms with Gasteiger partial charge in [-0.15, -0.1) is 11.3 Å². The molecule has 2 aromatic heterocycles. The van der Waals surface area contributed by atoms with Crippen LogP contribution in [-0.2, 0) is 0 Å². The normalized spacial score (nSPS) is 11.5. The Morgan fingerprint density at radius 2 is 1.81 bits per heavy atom. The molecule has 1 N–H and O–H groups in total. The van der Waals surface area contributed by atoms with Crippen LogP contribution in [-0.4, -0.2) is 4.98 Å². The number of aromatic nitrogens is 1. The SMILES string of the molecule is O=c1[nH]c2ccccc2c2c(=O)c3ccc(Cl)cc3sc12. The van der Waals surface area contributed by atoms with Crippen LogP contribution >= 0.6 is 22.9 Å². The number of nitrogens with one attached hydrogen (secondary N) is 1. The van der Waals surface area contributed by atoms with Crippen molar-refractivity contribution in [2.45, 2.75) is 0 Å². The van der Waals surface area contributed by atoms with Gasteiger partial charge in [0.1, 0.15) is 4.70 Å². The molecule has 0 saturated carbocycles. The van der Waals surface area contributed by atoms with E-state index in [1.807, 2.05) is 18.2 Å². The second-order valence-corrected chi connectivity index (χ2v) is 6.26. The topological polar surface area (TPSA) is 49.9 Å². The molecule has 0 aliphatic heterocycles. The molecular formula is C16H8ClNO2S. The fourth-order valence-corrected chi connectivity index (χ4v) is 3.92. The van der Waals surface area contributed by atoms with Crippen LogP contribution in [0.3, 0.4) is 0 Å². The molecule has 0 aliphatic carbocycles. The zero-order valence-electron chi connectivity index (χ0n) is 10.6. The largest absolute Gasteiger partial charge is 0.321 e. The zero-order valence-corrected chi connectivity index (χ0v) is 12.2. The Morgan fingerprint density at radius 1 is 1.00 bits per heavy atom. The molecule has 102 valence electrons. The highest BCUT2D eigenvalue weighted by molar-refractivity contribution is 7.24. The number of benzene rings is 2. The summed E-state index contributed by atoms with van der Waals surface area (Å²) in [7, 11) is 0. The van der Waals surface area contributed by atoms with Gasteiger partial charge in [-0.2, -0.15) is 0 Å². The number of halogens is 1. The Bertz CT molecular complexity index is 1140. The maximum absolute atomic E-state index is 12.8. The lowest BCUT2D eigenvalue weighted by Crippen LogP contribution is -2.11. The fraction of sp³-hybridized carbons (Fsp3) is 0. The highest BCUT2D eigenvalue weighted by Crippen LogP contribution is 2.28. The van der Waals surface area contributed by atoms with Crippen molar-refractivity contribution in [1.82, 2.24) is 4.98 Å². The summed E-state index contributed by atoms with van der Waals surface area (Å²) in [4.78, 5) is 27.9. The number of hydrogen-bond donors (Lipinski definition) is 1. The van der Waals surface area contributed by atoms with Crippen molar-refractivity contribution in [2.24, 2.45) is 0 Å². The van der Waals surface area contributed by atoms with Crippen molar-refractivity contribution < 1.29 is 0 Å². The summed E-state index contributed by atoms with van der Waals surface area (Å²) < 4.78 is 1.16. The molecule has 0 aliphatic rings. The van der Waals surface area contributed by atoms with E-state index in [9.17, 15) is 9.59 Å². The molecule has 3 nitrogen and oxygen atoms in total. The molecule has 4 aromatic rings. The van der Waals surface area contributed by atoms with Crippen LogP contribution in [0.25, 0.3) is 31.1 Å². The third-order valence-corrected chi connectivity index (χ3v) is 4.89. The standard InChI is InChI=1S/C16H8ClNO2S/c17-8-5-6-10-12(7-8)21-15-13(14(10)19)9-3-1-2-4-11(9)18-16(15)20/h1-7H,(H,18,20). The predicted octanol–water partition coefficient (Wildman–Crippen LogP) is 3.91. The van der Waals surface area contributed by atoms with Crippen molar-refractivity contribution in [3.8, 4) is 0 Å². The van der Waals surface area contributed by atoms with Crippen LogP contribution in [0.2, 0.25) is 5.02 Å². The minimum atomic E-state index is -0.243. The van der Waals surface area contributed by atoms with Gasteiger partial charge in [0.05, 0.1) is 5.39 Å². The predicted molar refractivity (Wildman–Crippen MR) is 88.7 cm³/mol. The van der Waals surface area contributed by atoms with Crippen LogP contribution in [0, 0.1) is 0 Å². The molecule has 5 heteroatoms. The smallest absolute Gasteiger partial charge is 0.266 e. The van der Waals surface area contributed by atoms with Gasteiger partial charge in [0.2, 0.25) is 0 Å². The second kappa shape index (κ2) is 4.41. The third kappa shape index (κ3) is 1.80. The summed E-state index contributed by atoms with van der Waals surface area (Å²) >= 11 is 7.27. The summed E-state index contributed by atoms with van der Waals surface area (Å²) in [5.41, 5.74) is 0.304. The first-order valence-corrected chi connectivity index (χ1v) is 7.52. The second-order valence-electron chi connectivity index (χ2n) is 4.78. The van der Waals surface area contributed by atoms with E-state index in [4.69, 9.17) is 11.6 Å². The summed E-state index contributed by atoms with van der Waals surface area (Å²) in [6.07, 6.45) is 0. The number of pyridine rings is 1. The van der Waals surface area contributed by atoms with Crippen molar-refractivity contribution in [2.75, 3.05) is 0 Å². The summed E-state index contributed by atoms with van der Waals surface area (Å²) in [5.74, 6) is 0. The molecule has 4 rings (SSSR count). The van der Waals surface area contributed by atoms with E-state index < -0.39 is 0 Å². The summed E-state index contributed by atoms with van der Waals surface area (Å²) in [6.45, 7) is 0. The Balaban J connectivity index is 2.40. The molecule has 21 heavy (non-hydrogen) atoms. The minimum Gasteiger partial charge on any atom is -0.321 e. The number of rotatable bonds is 0. The van der Waals surface area contributed by atoms with Crippen LogP contribution < -0.4 is 11.0 Å². The Labute approximate surface area is 127 Å². The lowest BCUT2D eigenvalue weighted by molar-refractivity contribution is 1.35. The Kier molecular flexibility index (Phi) is 2.64. The van der Waals surface area contributed by atoms with E-state index in [1.54, 1.807) is 24.3 Å². The summed E-state index contributed by atoms with van der Waals surface area (Å²) in [5, 5.41) is 2.39. The molecule has 0 radical (unpaired) electrons. The lowest BCUT2D eigenvalue weighted by atomic mass is 10.1. The molecule has 2 aromatic carbocycles. The van der Waals surface area contributed by atoms with Crippen LogP contribution in [0.4, 0.5) is 0 Å². The summed E-state index contributed by atoms with van der Waals surface area (Å²) in [6, 6.07) is 12.5. The monoisotopic (exact) mass is 313 g/mol. The van der Waals surface area contributed by atoms with E-state index in [0.717, 1.165) is 10.1 Å². The van der Waals surface area contributed by atoms with E-state index >= 15 is 0 Å². The first-order valence-electron chi connectivity index (χ1n) is 6.32. The Morgan fingerprint density at radius 3 is 2.67 bits per heavy atom. The molecular weight excluding hydrogens is 306 g/mol. The van der Waals surface area contributed by atoms with Crippen molar-refractivity contribution in [3.05, 3.63) is 68.1 Å². The molecule has 0 saturated heterocycles. The quantitative estimate of drug-likeness (QED) is 0.395. The minimum absolute atomic E-state index is 0.127. The molecule has 0 unspecified atom stereocenters. The van der Waals surface area contributed by atoms with Crippen molar-refractivity contribution in [3.63, 3.8) is 0 Å². The zero-order chi connectivity index (χ0) is 14.6. The lowest BCUT2D eigenvalue weighted by Gasteiger charge is -2.04. The number of H-pyrrole nitrogens is 1. The maximum atomic E-state index is 12.8. The van der Waals surface area contributed by atoms with Crippen LogP contribution in [0.15, 0.2) is 52.1 Å². The molecule has 0 amide bonds. The first-order chi connectivity index (χ1) is 10.1. The average molecular weight is 314 g/mol. The highest BCUT2D eigenvalue weighted by atomic mass is 35.5. The van der Waals surface area contributed by atoms with Gasteiger partial charge in [0, 0.05) is 26.0 Å². The van der Waals surface area contributed by atoms with Crippen LogP contribution in [0.1, 0.15) is 0 Å². The Hall–Kier alpha value is -2.17. The molecule has 0 bridgehead atoms. The number of fused-ring (bicyclic) bond motifs is 4. The number of para-hydroxylation sites is 1. The van der Waals surface area contributed by atoms with Crippen molar-refractivity contribution >= 4 is 54.0 Å². The third-order valence-electron chi connectivity index (χ3n) is 3.51. The first kappa shape index (κ1) is 12.6. The van der Waals surface area contributed by atoms with Gasteiger partial charge in [0.15, 0.2) is 5.43 Å². The molecule has 0 spiro atoms. The number of hydrogen-bond acceptors (Lipinski definition) is 3. The van der Waals surface area contributed by atoms with Crippen LogP contribution in [0.5, 0.6) is 0 Å².